The molecule has 0 radical (unpaired) electrons. The molecule has 5 nitrogen and oxygen atoms in total. The molecule has 21 heavy (non-hydrogen) atoms. The predicted molar refractivity (Wildman–Crippen MR) is 72.9 cm³/mol. The Hall–Kier alpha value is -1.25. The third-order valence-corrected chi connectivity index (χ3v) is 5.63. The fourth-order valence-corrected chi connectivity index (χ4v) is 3.93. The van der Waals surface area contributed by atoms with Crippen molar-refractivity contribution in [3.63, 3.8) is 0 Å². The summed E-state index contributed by atoms with van der Waals surface area (Å²) in [6.45, 7) is 0.623. The lowest BCUT2D eigenvalue weighted by Gasteiger charge is -2.46. The Morgan fingerprint density at radius 2 is 2.05 bits per heavy atom. The van der Waals surface area contributed by atoms with Crippen molar-refractivity contribution >= 4 is 15.5 Å². The molecule has 0 spiro atoms. The summed E-state index contributed by atoms with van der Waals surface area (Å²) in [5.41, 5.74) is 6.18. The van der Waals surface area contributed by atoms with Crippen LogP contribution in [0.4, 0.5) is 14.5 Å². The monoisotopic (exact) mass is 318 g/mol. The smallest absolute Gasteiger partial charge is 0.341 e. The Balaban J connectivity index is 1.87. The topological polar surface area (TPSA) is 81.4 Å². The molecule has 1 saturated carbocycles. The van der Waals surface area contributed by atoms with E-state index in [9.17, 15) is 17.2 Å². The molecule has 1 saturated heterocycles. The summed E-state index contributed by atoms with van der Waals surface area (Å²) in [5.74, 6) is -3.20. The van der Waals surface area contributed by atoms with Crippen molar-refractivity contribution in [3.05, 3.63) is 24.3 Å². The number of sulfone groups is 1. The normalized spacial score (nSPS) is 31.8. The van der Waals surface area contributed by atoms with Crippen molar-refractivity contribution in [1.29, 1.82) is 0 Å². The standard InChI is InChI=1S/C13H16F2N2O3S/c14-13(15)21(18,19)9-4-2-1-3-8(9)17-11-10(16)7-5-6-20-12(7)11/h1-4,7,10-13,17H,5-6,16H2. The van der Waals surface area contributed by atoms with Gasteiger partial charge < -0.3 is 15.8 Å². The number of halogens is 2. The zero-order chi connectivity index (χ0) is 15.2. The zero-order valence-corrected chi connectivity index (χ0v) is 11.9. The first kappa shape index (κ1) is 14.7. The molecule has 2 aliphatic rings. The van der Waals surface area contributed by atoms with Crippen LogP contribution in [0.25, 0.3) is 0 Å². The number of anilines is 1. The molecule has 3 rings (SSSR count). The second kappa shape index (κ2) is 5.19. The number of hydrogen-bond donors (Lipinski definition) is 2. The van der Waals surface area contributed by atoms with Gasteiger partial charge in [-0.1, -0.05) is 12.1 Å². The third kappa shape index (κ3) is 2.31. The van der Waals surface area contributed by atoms with E-state index in [1.54, 1.807) is 6.07 Å². The summed E-state index contributed by atoms with van der Waals surface area (Å²) in [4.78, 5) is -0.409. The van der Waals surface area contributed by atoms with Gasteiger partial charge in [-0.15, -0.1) is 0 Å². The fourth-order valence-electron chi connectivity index (χ4n) is 3.04. The van der Waals surface area contributed by atoms with Crippen molar-refractivity contribution in [2.75, 3.05) is 11.9 Å². The van der Waals surface area contributed by atoms with E-state index < -0.39 is 20.5 Å². The molecule has 4 atom stereocenters. The van der Waals surface area contributed by atoms with Crippen LogP contribution in [0.5, 0.6) is 0 Å². The maximum Gasteiger partial charge on any atom is 0.341 e. The molecule has 8 heteroatoms. The van der Waals surface area contributed by atoms with Gasteiger partial charge in [0.05, 0.1) is 22.7 Å². The summed E-state index contributed by atoms with van der Waals surface area (Å²) in [6, 6.07) is 5.21. The highest BCUT2D eigenvalue weighted by atomic mass is 32.2. The minimum Gasteiger partial charge on any atom is -0.377 e. The number of rotatable bonds is 4. The van der Waals surface area contributed by atoms with Gasteiger partial charge in [-0.05, 0) is 18.6 Å². The average molecular weight is 318 g/mol. The van der Waals surface area contributed by atoms with Gasteiger partial charge >= 0.3 is 5.76 Å². The SMILES string of the molecule is NC1C2CCOC2C1Nc1ccccc1S(=O)(=O)C(F)F. The molecule has 1 aromatic carbocycles. The molecule has 1 aromatic rings. The maximum absolute atomic E-state index is 12.7. The van der Waals surface area contributed by atoms with E-state index in [4.69, 9.17) is 10.5 Å². The number of fused-ring (bicyclic) bond motifs is 1. The van der Waals surface area contributed by atoms with E-state index in [1.807, 2.05) is 0 Å². The van der Waals surface area contributed by atoms with Crippen molar-refractivity contribution < 1.29 is 21.9 Å². The van der Waals surface area contributed by atoms with Gasteiger partial charge in [-0.2, -0.15) is 8.78 Å². The third-order valence-electron chi connectivity index (χ3n) is 4.20. The number of ether oxygens (including phenoxy) is 1. The molecule has 116 valence electrons. The van der Waals surface area contributed by atoms with Crippen LogP contribution in [0.1, 0.15) is 6.42 Å². The zero-order valence-electron chi connectivity index (χ0n) is 11.1. The maximum atomic E-state index is 12.7. The molecule has 0 aromatic heterocycles. The van der Waals surface area contributed by atoms with Crippen molar-refractivity contribution in [3.8, 4) is 0 Å². The van der Waals surface area contributed by atoms with E-state index in [-0.39, 0.29) is 29.8 Å². The van der Waals surface area contributed by atoms with E-state index in [0.717, 1.165) is 6.42 Å². The first-order valence-electron chi connectivity index (χ1n) is 6.67. The van der Waals surface area contributed by atoms with Gasteiger partial charge in [0.15, 0.2) is 0 Å². The highest BCUT2D eigenvalue weighted by Crippen LogP contribution is 2.40. The lowest BCUT2D eigenvalue weighted by atomic mass is 9.72. The van der Waals surface area contributed by atoms with Gasteiger partial charge in [-0.3, -0.25) is 0 Å². The Kier molecular flexibility index (Phi) is 3.62. The summed E-state index contributed by atoms with van der Waals surface area (Å²) >= 11 is 0. The highest BCUT2D eigenvalue weighted by molar-refractivity contribution is 7.91. The molecular formula is C13H16F2N2O3S. The van der Waals surface area contributed by atoms with Crippen LogP contribution >= 0.6 is 0 Å². The summed E-state index contributed by atoms with van der Waals surface area (Å²) in [5, 5.41) is 2.97. The minimum absolute atomic E-state index is 0.0812. The van der Waals surface area contributed by atoms with E-state index in [2.05, 4.69) is 5.32 Å². The van der Waals surface area contributed by atoms with Crippen LogP contribution in [0, 0.1) is 5.92 Å². The van der Waals surface area contributed by atoms with Crippen molar-refractivity contribution in [2.24, 2.45) is 11.7 Å². The van der Waals surface area contributed by atoms with Crippen LogP contribution in [-0.4, -0.2) is 39.0 Å². The van der Waals surface area contributed by atoms with E-state index in [1.165, 1.54) is 18.2 Å². The molecule has 1 heterocycles. The van der Waals surface area contributed by atoms with E-state index >= 15 is 0 Å². The predicted octanol–water partition coefficient (Wildman–Crippen LogP) is 1.21. The Morgan fingerprint density at radius 3 is 2.76 bits per heavy atom. The second-order valence-electron chi connectivity index (χ2n) is 5.34. The first-order valence-corrected chi connectivity index (χ1v) is 8.22. The van der Waals surface area contributed by atoms with Crippen LogP contribution in [0.3, 0.4) is 0 Å². The number of nitrogens with one attached hydrogen (secondary N) is 1. The number of nitrogens with two attached hydrogens (primary N) is 1. The van der Waals surface area contributed by atoms with Crippen LogP contribution in [0.15, 0.2) is 29.2 Å². The van der Waals surface area contributed by atoms with Crippen LogP contribution in [-0.2, 0) is 14.6 Å². The lowest BCUT2D eigenvalue weighted by Crippen LogP contribution is -2.65. The van der Waals surface area contributed by atoms with E-state index in [0.29, 0.717) is 6.61 Å². The van der Waals surface area contributed by atoms with Gasteiger partial charge in [-0.25, -0.2) is 8.42 Å². The Morgan fingerprint density at radius 1 is 1.33 bits per heavy atom. The first-order chi connectivity index (χ1) is 9.93. The van der Waals surface area contributed by atoms with Gasteiger partial charge in [0, 0.05) is 18.6 Å². The summed E-state index contributed by atoms with van der Waals surface area (Å²) < 4.78 is 54.4. The Labute approximate surface area is 121 Å². The molecule has 0 amide bonds. The molecule has 1 aliphatic carbocycles. The summed E-state index contributed by atoms with van der Waals surface area (Å²) in [7, 11) is -4.65. The molecule has 1 aliphatic heterocycles. The molecule has 2 fully saturated rings. The van der Waals surface area contributed by atoms with Crippen molar-refractivity contribution in [1.82, 2.24) is 0 Å². The Bertz CT molecular complexity index is 638. The molecular weight excluding hydrogens is 302 g/mol. The minimum atomic E-state index is -4.65. The highest BCUT2D eigenvalue weighted by Gasteiger charge is 2.52. The van der Waals surface area contributed by atoms with Gasteiger partial charge in [0.25, 0.3) is 0 Å². The van der Waals surface area contributed by atoms with Crippen LogP contribution < -0.4 is 11.1 Å². The largest absolute Gasteiger partial charge is 0.377 e. The second-order valence-corrected chi connectivity index (χ2v) is 7.22. The van der Waals surface area contributed by atoms with Gasteiger partial charge in [0.1, 0.15) is 0 Å². The quantitative estimate of drug-likeness (QED) is 0.872. The number of alkyl halides is 2. The van der Waals surface area contributed by atoms with Crippen LogP contribution in [0.2, 0.25) is 0 Å². The molecule has 4 unspecified atom stereocenters. The summed E-state index contributed by atoms with van der Waals surface area (Å²) in [6.07, 6.45) is 0.795. The molecule has 3 N–H and O–H groups in total. The molecule has 0 bridgehead atoms. The number of hydrogen-bond acceptors (Lipinski definition) is 5. The number of para-hydroxylation sites is 1. The lowest BCUT2D eigenvalue weighted by molar-refractivity contribution is 0.00528. The van der Waals surface area contributed by atoms with Crippen molar-refractivity contribution in [2.45, 2.75) is 35.3 Å². The van der Waals surface area contributed by atoms with Gasteiger partial charge in [0.2, 0.25) is 9.84 Å². The average Bonchev–Trinajstić information content (AvgIpc) is 2.89. The fraction of sp³-hybridized carbons (Fsp3) is 0.538. The number of benzene rings is 1.